The van der Waals surface area contributed by atoms with Gasteiger partial charge in [0.05, 0.1) is 25.0 Å². The average Bonchev–Trinajstić information content (AvgIpc) is 4.17. The minimum atomic E-state index is -1.35. The highest BCUT2D eigenvalue weighted by Crippen LogP contribution is 2.21. The first kappa shape index (κ1) is 61.7. The highest BCUT2D eigenvalue weighted by Gasteiger charge is 2.33. The molecular formula is C55H79N15O9. The van der Waals surface area contributed by atoms with Crippen LogP contribution in [0.25, 0.3) is 21.8 Å². The summed E-state index contributed by atoms with van der Waals surface area (Å²) in [7, 11) is 0. The van der Waals surface area contributed by atoms with E-state index in [1.807, 2.05) is 76.2 Å². The second-order valence-electron chi connectivity index (χ2n) is 21.3. The van der Waals surface area contributed by atoms with E-state index >= 15 is 0 Å². The SMILES string of the molecule is CC(C)C[C@@H](CN[C@@H](CC(C)C)C(N)=O)NC(=O)[C@H](Cc1cnc[nH]1)NC(=O)CNC(=O)[C@@H](NC(=O)[C@H](C)NC(=O)[C@H](Cc1c[nH]c2ccccc12)NC(=O)[C@H](CCC(N)=O)NC(=O)[C@H](N)Cc1c[nH]c2ccccc12)C(C)C. The quantitative estimate of drug-likeness (QED) is 0.0275. The molecule has 0 unspecified atom stereocenters. The van der Waals surface area contributed by atoms with E-state index in [0.717, 1.165) is 27.4 Å². The Balaban J connectivity index is 1.24. The molecular weight excluding hydrogens is 1010 g/mol. The maximum atomic E-state index is 14.3. The van der Waals surface area contributed by atoms with Crippen molar-refractivity contribution in [2.75, 3.05) is 13.1 Å². The number of rotatable bonds is 32. The number of carbonyl (C=O) groups excluding carboxylic acids is 9. The monoisotopic (exact) mass is 1090 g/mol. The molecule has 24 nitrogen and oxygen atoms in total. The first-order valence-corrected chi connectivity index (χ1v) is 26.7. The Morgan fingerprint density at radius 2 is 1.15 bits per heavy atom. The van der Waals surface area contributed by atoms with Crippen LogP contribution in [-0.2, 0) is 62.4 Å². The molecule has 0 saturated carbocycles. The number of aromatic amines is 3. The zero-order valence-corrected chi connectivity index (χ0v) is 46.0. The van der Waals surface area contributed by atoms with Gasteiger partial charge in [-0.15, -0.1) is 0 Å². The molecule has 3 heterocycles. The maximum absolute atomic E-state index is 14.3. The third-order valence-corrected chi connectivity index (χ3v) is 13.3. The molecule has 0 aliphatic carbocycles. The molecule has 0 spiro atoms. The molecule has 2 aromatic carbocycles. The van der Waals surface area contributed by atoms with Crippen LogP contribution in [0.2, 0.25) is 0 Å². The van der Waals surface area contributed by atoms with E-state index in [2.05, 4.69) is 62.5 Å². The van der Waals surface area contributed by atoms with E-state index in [-0.39, 0.29) is 50.5 Å². The van der Waals surface area contributed by atoms with E-state index in [4.69, 9.17) is 17.2 Å². The number of hydrogen-bond donors (Lipinski definition) is 14. The standard InChI is InChI=1S/C55H79N15O9/c1-29(2)18-36(26-62-43(49(58)73)19-30(3)4)66-54(78)45(22-35-25-59-28-64-35)67-47(72)27-63-55(79)48(31(5)6)70-50(74)32(7)65-53(77)44(21-34-24-61-41-15-11-9-13-38(34)41)69-52(76)42(16-17-46(57)71)68-51(75)39(56)20-33-23-60-40-14-10-8-12-37(33)40/h8-15,23-25,28-32,36,39,42-45,48,60-62H,16-22,26-27,56H2,1-7H3,(H2,57,71)(H2,58,73)(H,59,64)(H,63,79)(H,65,77)(H,66,78)(H,67,72)(H,68,75)(H,69,76)(H,70,74)/t32-,36-,39+,42-,43-,44-,45-,48-/m0/s1. The van der Waals surface area contributed by atoms with Gasteiger partial charge in [0.1, 0.15) is 30.2 Å². The molecule has 0 bridgehead atoms. The normalized spacial score (nSPS) is 14.6. The molecule has 24 heteroatoms. The van der Waals surface area contributed by atoms with Crippen molar-refractivity contribution in [1.82, 2.24) is 62.5 Å². The van der Waals surface area contributed by atoms with Gasteiger partial charge in [0.25, 0.3) is 0 Å². The molecule has 0 radical (unpaired) electrons. The van der Waals surface area contributed by atoms with Gasteiger partial charge >= 0.3 is 0 Å². The first-order valence-electron chi connectivity index (χ1n) is 26.7. The average molecular weight is 1090 g/mol. The fourth-order valence-corrected chi connectivity index (χ4v) is 9.13. The lowest BCUT2D eigenvalue weighted by atomic mass is 10.0. The molecule has 0 aliphatic heterocycles. The van der Waals surface area contributed by atoms with Gasteiger partial charge < -0.3 is 74.7 Å². The van der Waals surface area contributed by atoms with Crippen molar-refractivity contribution in [3.05, 3.63) is 90.3 Å². The molecule has 79 heavy (non-hydrogen) atoms. The second kappa shape index (κ2) is 29.6. The summed E-state index contributed by atoms with van der Waals surface area (Å²) in [5.74, 6) is -6.43. The second-order valence-corrected chi connectivity index (χ2v) is 21.3. The van der Waals surface area contributed by atoms with Gasteiger partial charge in [0.2, 0.25) is 53.2 Å². The van der Waals surface area contributed by atoms with Gasteiger partial charge in [0.15, 0.2) is 0 Å². The van der Waals surface area contributed by atoms with Crippen LogP contribution in [0.15, 0.2) is 73.4 Å². The number of nitrogens with two attached hydrogens (primary N) is 3. The summed E-state index contributed by atoms with van der Waals surface area (Å²) in [4.78, 5) is 134. The molecule has 0 fully saturated rings. The van der Waals surface area contributed by atoms with Crippen LogP contribution in [0.5, 0.6) is 0 Å². The van der Waals surface area contributed by atoms with Crippen molar-refractivity contribution in [1.29, 1.82) is 0 Å². The van der Waals surface area contributed by atoms with Gasteiger partial charge in [-0.1, -0.05) is 77.9 Å². The number of primary amides is 2. The van der Waals surface area contributed by atoms with Crippen molar-refractivity contribution >= 4 is 75.0 Å². The highest BCUT2D eigenvalue weighted by atomic mass is 16.2. The van der Waals surface area contributed by atoms with Crippen LogP contribution in [0, 0.1) is 17.8 Å². The number of amides is 9. The smallest absolute Gasteiger partial charge is 0.243 e. The van der Waals surface area contributed by atoms with Crippen molar-refractivity contribution in [3.63, 3.8) is 0 Å². The van der Waals surface area contributed by atoms with E-state index in [1.165, 1.54) is 19.4 Å². The molecule has 8 atom stereocenters. The summed E-state index contributed by atoms with van der Waals surface area (Å²) >= 11 is 0. The van der Waals surface area contributed by atoms with Gasteiger partial charge in [-0.25, -0.2) is 4.98 Å². The summed E-state index contributed by atoms with van der Waals surface area (Å²) in [5.41, 5.74) is 21.1. The van der Waals surface area contributed by atoms with Crippen molar-refractivity contribution in [2.45, 2.75) is 142 Å². The molecule has 9 amide bonds. The minimum absolute atomic E-state index is 0.0272. The van der Waals surface area contributed by atoms with Crippen molar-refractivity contribution in [2.24, 2.45) is 35.0 Å². The summed E-state index contributed by atoms with van der Waals surface area (Å²) in [6.07, 6.45) is 7.00. The summed E-state index contributed by atoms with van der Waals surface area (Å²) in [5, 5.41) is 23.7. The molecule has 5 aromatic rings. The number of fused-ring (bicyclic) bond motifs is 2. The van der Waals surface area contributed by atoms with Gasteiger partial charge in [-0.3, -0.25) is 43.2 Å². The lowest BCUT2D eigenvalue weighted by Gasteiger charge is -2.27. The predicted octanol–water partition coefficient (Wildman–Crippen LogP) is 0.230. The lowest BCUT2D eigenvalue weighted by molar-refractivity contribution is -0.135. The Labute approximate surface area is 459 Å². The molecule has 0 saturated heterocycles. The molecule has 17 N–H and O–H groups in total. The Bertz CT molecular complexity index is 2880. The van der Waals surface area contributed by atoms with Crippen LogP contribution in [0.3, 0.4) is 0 Å². The number of benzene rings is 2. The number of carbonyl (C=O) groups is 9. The van der Waals surface area contributed by atoms with Crippen molar-refractivity contribution in [3.8, 4) is 0 Å². The lowest BCUT2D eigenvalue weighted by Crippen LogP contribution is -2.59. The van der Waals surface area contributed by atoms with Crippen molar-refractivity contribution < 1.29 is 43.2 Å². The number of imidazole rings is 1. The molecule has 5 rings (SSSR count). The third-order valence-electron chi connectivity index (χ3n) is 13.3. The summed E-state index contributed by atoms with van der Waals surface area (Å²) in [6.45, 7) is 12.3. The Morgan fingerprint density at radius 1 is 0.582 bits per heavy atom. The fourth-order valence-electron chi connectivity index (χ4n) is 9.13. The Kier molecular flexibility index (Phi) is 23.1. The van der Waals surface area contributed by atoms with Gasteiger partial charge in [-0.05, 0) is 73.6 Å². The van der Waals surface area contributed by atoms with Gasteiger partial charge in [-0.2, -0.15) is 0 Å². The number of nitrogens with one attached hydrogen (secondary N) is 11. The van der Waals surface area contributed by atoms with E-state index in [9.17, 15) is 43.2 Å². The Morgan fingerprint density at radius 3 is 1.72 bits per heavy atom. The maximum Gasteiger partial charge on any atom is 0.243 e. The van der Waals surface area contributed by atoms with Crippen LogP contribution in [0.4, 0.5) is 0 Å². The molecule has 0 aliphatic rings. The number of nitrogens with zero attached hydrogens (tertiary/aromatic N) is 1. The topological polar surface area (TPSA) is 388 Å². The van der Waals surface area contributed by atoms with Crippen LogP contribution in [0.1, 0.15) is 91.0 Å². The first-order chi connectivity index (χ1) is 37.5. The molecule has 428 valence electrons. The highest BCUT2D eigenvalue weighted by molar-refractivity contribution is 5.97. The zero-order chi connectivity index (χ0) is 57.9. The predicted molar refractivity (Wildman–Crippen MR) is 298 cm³/mol. The Hall–Kier alpha value is -8.12. The summed E-state index contributed by atoms with van der Waals surface area (Å²) < 4.78 is 0. The molecule has 3 aromatic heterocycles. The number of aromatic nitrogens is 4. The largest absolute Gasteiger partial charge is 0.370 e. The van der Waals surface area contributed by atoms with E-state index in [1.54, 1.807) is 26.2 Å². The fraction of sp³-hybridized carbons (Fsp3) is 0.491. The third kappa shape index (κ3) is 19.1. The number of para-hydroxylation sites is 2. The minimum Gasteiger partial charge on any atom is -0.370 e. The van der Waals surface area contributed by atoms with Crippen LogP contribution in [-0.4, -0.2) is 135 Å². The number of hydrogen-bond acceptors (Lipinski definition) is 12. The summed E-state index contributed by atoms with van der Waals surface area (Å²) in [6, 6.07) is 6.34. The van der Waals surface area contributed by atoms with E-state index < -0.39 is 114 Å². The van der Waals surface area contributed by atoms with Gasteiger partial charge in [0, 0.05) is 77.9 Å². The number of H-pyrrole nitrogens is 3. The van der Waals surface area contributed by atoms with Crippen LogP contribution >= 0.6 is 0 Å². The van der Waals surface area contributed by atoms with E-state index in [0.29, 0.717) is 24.1 Å². The van der Waals surface area contributed by atoms with Crippen LogP contribution < -0.4 is 59.7 Å². The zero-order valence-electron chi connectivity index (χ0n) is 46.0.